The molecule has 0 heterocycles. The first-order valence-electron chi connectivity index (χ1n) is 6.97. The Morgan fingerprint density at radius 3 is 1.89 bits per heavy atom. The first-order valence-corrected chi connectivity index (χ1v) is 6.97. The molecule has 0 aliphatic rings. The highest BCUT2D eigenvalue weighted by atomic mass is 15.2. The van der Waals surface area contributed by atoms with Crippen LogP contribution in [0, 0.1) is 5.41 Å². The zero-order valence-corrected chi connectivity index (χ0v) is 13.0. The summed E-state index contributed by atoms with van der Waals surface area (Å²) in [7, 11) is 0. The molecule has 0 fully saturated rings. The molecule has 1 rings (SSSR count). The molecule has 0 aromatic heterocycles. The van der Waals surface area contributed by atoms with E-state index in [1.165, 1.54) is 12.0 Å². The minimum absolute atomic E-state index is 0.223. The van der Waals surface area contributed by atoms with Gasteiger partial charge in [-0.3, -0.25) is 4.90 Å². The molecule has 0 N–H and O–H groups in total. The Hall–Kier alpha value is -0.820. The van der Waals surface area contributed by atoms with Gasteiger partial charge in [0, 0.05) is 12.1 Å². The van der Waals surface area contributed by atoms with Gasteiger partial charge >= 0.3 is 0 Å². The quantitative estimate of drug-likeness (QED) is 0.744. The van der Waals surface area contributed by atoms with E-state index in [9.17, 15) is 0 Å². The minimum Gasteiger partial charge on any atom is -0.294 e. The first kappa shape index (κ1) is 15.2. The molecule has 0 saturated carbocycles. The van der Waals surface area contributed by atoms with Crippen molar-refractivity contribution in [1.29, 1.82) is 0 Å². The number of rotatable bonds is 4. The molecule has 1 aromatic rings. The Morgan fingerprint density at radius 1 is 0.889 bits per heavy atom. The molecule has 1 aromatic carbocycles. The van der Waals surface area contributed by atoms with Gasteiger partial charge < -0.3 is 0 Å². The minimum atomic E-state index is 0.223. The smallest absolute Gasteiger partial charge is 0.0238 e. The van der Waals surface area contributed by atoms with Gasteiger partial charge in [0.15, 0.2) is 0 Å². The molecule has 0 atom stereocenters. The highest BCUT2D eigenvalue weighted by molar-refractivity contribution is 5.14. The number of hydrogen-bond acceptors (Lipinski definition) is 1. The zero-order chi connectivity index (χ0) is 13.8. The summed E-state index contributed by atoms with van der Waals surface area (Å²) in [6, 6.07) is 10.8. The molecule has 0 unspecified atom stereocenters. The van der Waals surface area contributed by atoms with Crippen molar-refractivity contribution in [2.45, 2.75) is 60.0 Å². The average molecular weight is 247 g/mol. The van der Waals surface area contributed by atoms with E-state index in [4.69, 9.17) is 0 Å². The monoisotopic (exact) mass is 247 g/mol. The Labute approximate surface area is 113 Å². The van der Waals surface area contributed by atoms with Gasteiger partial charge in [-0.1, -0.05) is 51.1 Å². The molecule has 1 heteroatoms. The van der Waals surface area contributed by atoms with Crippen molar-refractivity contribution < 1.29 is 0 Å². The van der Waals surface area contributed by atoms with Crippen molar-refractivity contribution in [2.75, 3.05) is 6.54 Å². The second kappa shape index (κ2) is 5.88. The van der Waals surface area contributed by atoms with Crippen LogP contribution in [0.15, 0.2) is 30.3 Å². The highest BCUT2D eigenvalue weighted by Crippen LogP contribution is 2.23. The van der Waals surface area contributed by atoms with Gasteiger partial charge in [-0.2, -0.15) is 0 Å². The van der Waals surface area contributed by atoms with Gasteiger partial charge in [-0.05, 0) is 44.7 Å². The summed E-state index contributed by atoms with van der Waals surface area (Å²) in [4.78, 5) is 2.58. The van der Waals surface area contributed by atoms with Crippen LogP contribution in [0.25, 0.3) is 0 Å². The lowest BCUT2D eigenvalue weighted by Crippen LogP contribution is -2.42. The van der Waals surface area contributed by atoms with Crippen LogP contribution in [0.4, 0.5) is 0 Å². The summed E-state index contributed by atoms with van der Waals surface area (Å²) in [6.07, 6.45) is 1.23. The molecule has 1 nitrogen and oxygen atoms in total. The first-order chi connectivity index (χ1) is 8.18. The molecular weight excluding hydrogens is 218 g/mol. The summed E-state index contributed by atoms with van der Waals surface area (Å²) < 4.78 is 0. The van der Waals surface area contributed by atoms with E-state index in [-0.39, 0.29) is 5.54 Å². The molecule has 0 bridgehead atoms. The molecule has 0 amide bonds. The normalized spacial score (nSPS) is 13.1. The van der Waals surface area contributed by atoms with Crippen molar-refractivity contribution in [3.63, 3.8) is 0 Å². The second-order valence-corrected chi connectivity index (χ2v) is 7.39. The number of benzene rings is 1. The maximum Gasteiger partial charge on any atom is 0.0238 e. The Balaban J connectivity index is 2.68. The van der Waals surface area contributed by atoms with E-state index in [0.717, 1.165) is 13.1 Å². The lowest BCUT2D eigenvalue weighted by atomic mass is 9.91. The third-order valence-electron chi connectivity index (χ3n) is 3.30. The van der Waals surface area contributed by atoms with Gasteiger partial charge in [-0.15, -0.1) is 0 Å². The summed E-state index contributed by atoms with van der Waals surface area (Å²) in [6.45, 7) is 16.1. The lowest BCUT2D eigenvalue weighted by molar-refractivity contribution is 0.110. The SMILES string of the molecule is CC(C)(C)CCN(Cc1ccccc1)C(C)(C)C. The van der Waals surface area contributed by atoms with Crippen LogP contribution < -0.4 is 0 Å². The molecule has 0 saturated heterocycles. The van der Waals surface area contributed by atoms with Crippen molar-refractivity contribution in [2.24, 2.45) is 5.41 Å². The molecule has 0 aliphatic heterocycles. The Morgan fingerprint density at radius 2 is 1.44 bits per heavy atom. The van der Waals surface area contributed by atoms with E-state index in [1.54, 1.807) is 0 Å². The average Bonchev–Trinajstić information content (AvgIpc) is 2.22. The predicted molar refractivity (Wildman–Crippen MR) is 80.7 cm³/mol. The summed E-state index contributed by atoms with van der Waals surface area (Å²) >= 11 is 0. The zero-order valence-electron chi connectivity index (χ0n) is 13.0. The third kappa shape index (κ3) is 5.68. The second-order valence-electron chi connectivity index (χ2n) is 7.39. The largest absolute Gasteiger partial charge is 0.294 e. The van der Waals surface area contributed by atoms with Crippen LogP contribution in [0.5, 0.6) is 0 Å². The van der Waals surface area contributed by atoms with E-state index >= 15 is 0 Å². The molecular formula is C17H29N. The molecule has 0 spiro atoms. The van der Waals surface area contributed by atoms with E-state index in [1.807, 2.05) is 0 Å². The summed E-state index contributed by atoms with van der Waals surface area (Å²) in [5.41, 5.74) is 2.03. The van der Waals surface area contributed by atoms with Gasteiger partial charge in [0.25, 0.3) is 0 Å². The number of nitrogens with zero attached hydrogens (tertiary/aromatic N) is 1. The van der Waals surface area contributed by atoms with Crippen LogP contribution in [-0.2, 0) is 6.54 Å². The van der Waals surface area contributed by atoms with Gasteiger partial charge in [0.1, 0.15) is 0 Å². The van der Waals surface area contributed by atoms with Crippen molar-refractivity contribution in [3.05, 3.63) is 35.9 Å². The van der Waals surface area contributed by atoms with Crippen LogP contribution in [-0.4, -0.2) is 17.0 Å². The van der Waals surface area contributed by atoms with Gasteiger partial charge in [0.2, 0.25) is 0 Å². The van der Waals surface area contributed by atoms with Gasteiger partial charge in [0.05, 0.1) is 0 Å². The molecule has 102 valence electrons. The topological polar surface area (TPSA) is 3.24 Å². The van der Waals surface area contributed by atoms with Crippen LogP contribution in [0.3, 0.4) is 0 Å². The van der Waals surface area contributed by atoms with Crippen LogP contribution in [0.1, 0.15) is 53.5 Å². The summed E-state index contributed by atoms with van der Waals surface area (Å²) in [5.74, 6) is 0. The summed E-state index contributed by atoms with van der Waals surface area (Å²) in [5, 5.41) is 0. The fraction of sp³-hybridized carbons (Fsp3) is 0.647. The van der Waals surface area contributed by atoms with Gasteiger partial charge in [-0.25, -0.2) is 0 Å². The van der Waals surface area contributed by atoms with E-state index in [0.29, 0.717) is 5.41 Å². The number of hydrogen-bond donors (Lipinski definition) is 0. The Kier molecular flexibility index (Phi) is 4.98. The highest BCUT2D eigenvalue weighted by Gasteiger charge is 2.23. The Bertz CT molecular complexity index is 340. The standard InChI is InChI=1S/C17H29N/c1-16(2,3)12-13-18(17(4,5)6)14-15-10-8-7-9-11-15/h7-11H,12-14H2,1-6H3. The molecule has 18 heavy (non-hydrogen) atoms. The van der Waals surface area contributed by atoms with Crippen molar-refractivity contribution in [1.82, 2.24) is 4.90 Å². The fourth-order valence-corrected chi connectivity index (χ4v) is 1.93. The lowest BCUT2D eigenvalue weighted by Gasteiger charge is -2.37. The predicted octanol–water partition coefficient (Wildman–Crippen LogP) is 4.72. The molecule has 0 radical (unpaired) electrons. The van der Waals surface area contributed by atoms with Crippen molar-refractivity contribution in [3.8, 4) is 0 Å². The van der Waals surface area contributed by atoms with E-state index < -0.39 is 0 Å². The third-order valence-corrected chi connectivity index (χ3v) is 3.30. The van der Waals surface area contributed by atoms with Crippen LogP contribution >= 0.6 is 0 Å². The van der Waals surface area contributed by atoms with Crippen molar-refractivity contribution >= 4 is 0 Å². The van der Waals surface area contributed by atoms with Crippen LogP contribution in [0.2, 0.25) is 0 Å². The maximum atomic E-state index is 2.58. The molecule has 0 aliphatic carbocycles. The maximum absolute atomic E-state index is 2.58. The van der Waals surface area contributed by atoms with E-state index in [2.05, 4.69) is 76.8 Å². The fourth-order valence-electron chi connectivity index (χ4n) is 1.93.